The summed E-state index contributed by atoms with van der Waals surface area (Å²) in [5.41, 5.74) is 3.25. The number of hydrogen-bond donors (Lipinski definition) is 0. The molecule has 3 aromatic rings. The van der Waals surface area contributed by atoms with Gasteiger partial charge in [0.25, 0.3) is 0 Å². The maximum absolute atomic E-state index is 13.9. The highest BCUT2D eigenvalue weighted by atomic mass is 79.9. The summed E-state index contributed by atoms with van der Waals surface area (Å²) >= 11 is 5.21. The lowest BCUT2D eigenvalue weighted by Gasteiger charge is -2.34. The van der Waals surface area contributed by atoms with Gasteiger partial charge in [-0.3, -0.25) is 9.80 Å². The van der Waals surface area contributed by atoms with Crippen LogP contribution in [0.15, 0.2) is 52.3 Å². The fourth-order valence-electron chi connectivity index (χ4n) is 3.53. The highest BCUT2D eigenvalue weighted by molar-refractivity contribution is 9.10. The standard InChI is InChI=1S/C22H23BrFN3OS/c1-28-21-6-5-16(11-20(21)24)13-26-7-9-27(10-8-26)14-19-15-29-22(25-19)17-3-2-4-18(23)12-17/h2-6,11-12,15H,7-10,13-14H2,1H3. The Morgan fingerprint density at radius 1 is 1.07 bits per heavy atom. The van der Waals surface area contributed by atoms with Crippen molar-refractivity contribution in [3.8, 4) is 16.3 Å². The second kappa shape index (κ2) is 9.34. The minimum absolute atomic E-state index is 0.295. The normalized spacial score (nSPS) is 15.6. The predicted octanol–water partition coefficient (Wildman–Crippen LogP) is 5.04. The lowest BCUT2D eigenvalue weighted by atomic mass is 10.2. The zero-order valence-corrected chi connectivity index (χ0v) is 18.7. The Bertz CT molecular complexity index is 972. The lowest BCUT2D eigenvalue weighted by Crippen LogP contribution is -2.45. The summed E-state index contributed by atoms with van der Waals surface area (Å²) in [6.07, 6.45) is 0. The third kappa shape index (κ3) is 5.22. The van der Waals surface area contributed by atoms with Crippen molar-refractivity contribution in [2.24, 2.45) is 0 Å². The van der Waals surface area contributed by atoms with Gasteiger partial charge in [0.05, 0.1) is 12.8 Å². The van der Waals surface area contributed by atoms with Crippen LogP contribution in [0.3, 0.4) is 0 Å². The summed E-state index contributed by atoms with van der Waals surface area (Å²) in [5.74, 6) is -0.00233. The van der Waals surface area contributed by atoms with E-state index in [0.717, 1.165) is 65.6 Å². The molecule has 152 valence electrons. The van der Waals surface area contributed by atoms with Crippen LogP contribution in [0.1, 0.15) is 11.3 Å². The molecular weight excluding hydrogens is 453 g/mol. The minimum Gasteiger partial charge on any atom is -0.494 e. The molecule has 0 unspecified atom stereocenters. The predicted molar refractivity (Wildman–Crippen MR) is 119 cm³/mol. The summed E-state index contributed by atoms with van der Waals surface area (Å²) in [7, 11) is 1.49. The van der Waals surface area contributed by atoms with Crippen molar-refractivity contribution in [3.63, 3.8) is 0 Å². The molecule has 1 fully saturated rings. The van der Waals surface area contributed by atoms with E-state index in [2.05, 4.69) is 43.2 Å². The number of ether oxygens (including phenoxy) is 1. The molecule has 0 radical (unpaired) electrons. The Hall–Kier alpha value is -1.80. The summed E-state index contributed by atoms with van der Waals surface area (Å²) < 4.78 is 20.0. The number of benzene rings is 2. The van der Waals surface area contributed by atoms with Crippen molar-refractivity contribution in [1.29, 1.82) is 0 Å². The van der Waals surface area contributed by atoms with Gasteiger partial charge in [-0.25, -0.2) is 9.37 Å². The molecular formula is C22H23BrFN3OS. The van der Waals surface area contributed by atoms with Crippen molar-refractivity contribution in [3.05, 3.63) is 69.4 Å². The molecule has 4 rings (SSSR count). The fourth-order valence-corrected chi connectivity index (χ4v) is 4.74. The molecule has 29 heavy (non-hydrogen) atoms. The first-order valence-corrected chi connectivity index (χ1v) is 11.3. The van der Waals surface area contributed by atoms with E-state index >= 15 is 0 Å². The zero-order chi connectivity index (χ0) is 20.2. The van der Waals surface area contributed by atoms with Crippen molar-refractivity contribution in [2.75, 3.05) is 33.3 Å². The molecule has 4 nitrogen and oxygen atoms in total. The van der Waals surface area contributed by atoms with Crippen molar-refractivity contribution < 1.29 is 9.13 Å². The van der Waals surface area contributed by atoms with Gasteiger partial charge in [0.15, 0.2) is 11.6 Å². The Labute approximate surface area is 183 Å². The largest absolute Gasteiger partial charge is 0.494 e. The number of rotatable bonds is 6. The van der Waals surface area contributed by atoms with Crippen molar-refractivity contribution in [1.82, 2.24) is 14.8 Å². The monoisotopic (exact) mass is 475 g/mol. The first kappa shape index (κ1) is 20.5. The number of aromatic nitrogens is 1. The Kier molecular flexibility index (Phi) is 6.60. The van der Waals surface area contributed by atoms with Crippen LogP contribution in [-0.4, -0.2) is 48.1 Å². The van der Waals surface area contributed by atoms with E-state index in [4.69, 9.17) is 9.72 Å². The van der Waals surface area contributed by atoms with E-state index in [0.29, 0.717) is 5.75 Å². The SMILES string of the molecule is COc1ccc(CN2CCN(Cc3csc(-c4cccc(Br)c4)n3)CC2)cc1F. The summed E-state index contributed by atoms with van der Waals surface area (Å²) in [6.45, 7) is 5.55. The van der Waals surface area contributed by atoms with Gasteiger partial charge in [-0.1, -0.05) is 34.1 Å². The van der Waals surface area contributed by atoms with Crippen LogP contribution in [0.4, 0.5) is 4.39 Å². The van der Waals surface area contributed by atoms with Crippen LogP contribution >= 0.6 is 27.3 Å². The maximum atomic E-state index is 13.9. The average molecular weight is 476 g/mol. The van der Waals surface area contributed by atoms with E-state index < -0.39 is 0 Å². The molecule has 1 aliphatic heterocycles. The van der Waals surface area contributed by atoms with Gasteiger partial charge >= 0.3 is 0 Å². The zero-order valence-electron chi connectivity index (χ0n) is 16.3. The van der Waals surface area contributed by atoms with Gasteiger partial charge in [0, 0.05) is 54.7 Å². The molecule has 0 aliphatic carbocycles. The highest BCUT2D eigenvalue weighted by Crippen LogP contribution is 2.27. The van der Waals surface area contributed by atoms with E-state index in [9.17, 15) is 4.39 Å². The molecule has 0 atom stereocenters. The molecule has 0 amide bonds. The van der Waals surface area contributed by atoms with Crippen molar-refractivity contribution in [2.45, 2.75) is 13.1 Å². The molecule has 2 aromatic carbocycles. The molecule has 0 N–H and O–H groups in total. The maximum Gasteiger partial charge on any atom is 0.165 e. The van der Waals surface area contributed by atoms with E-state index in [-0.39, 0.29) is 5.82 Å². The third-order valence-corrected chi connectivity index (χ3v) is 6.53. The Morgan fingerprint density at radius 3 is 2.52 bits per heavy atom. The van der Waals surface area contributed by atoms with Crippen LogP contribution in [0.5, 0.6) is 5.75 Å². The number of thiazole rings is 1. The molecule has 0 spiro atoms. The van der Waals surface area contributed by atoms with Gasteiger partial charge < -0.3 is 4.74 Å². The summed E-state index contributed by atoms with van der Waals surface area (Å²) in [6, 6.07) is 13.5. The van der Waals surface area contributed by atoms with Crippen LogP contribution < -0.4 is 4.74 Å². The third-order valence-electron chi connectivity index (χ3n) is 5.10. The van der Waals surface area contributed by atoms with Crippen LogP contribution in [0.25, 0.3) is 10.6 Å². The molecule has 1 aliphatic rings. The van der Waals surface area contributed by atoms with E-state index in [1.54, 1.807) is 23.5 Å². The number of hydrogen-bond acceptors (Lipinski definition) is 5. The second-order valence-corrected chi connectivity index (χ2v) is 8.95. The van der Waals surface area contributed by atoms with Gasteiger partial charge in [0.1, 0.15) is 5.01 Å². The number of piperazine rings is 1. The second-order valence-electron chi connectivity index (χ2n) is 7.18. The highest BCUT2D eigenvalue weighted by Gasteiger charge is 2.19. The Morgan fingerprint density at radius 2 is 1.83 bits per heavy atom. The van der Waals surface area contributed by atoms with Gasteiger partial charge in [-0.2, -0.15) is 0 Å². The average Bonchev–Trinajstić information content (AvgIpc) is 3.18. The van der Waals surface area contributed by atoms with E-state index in [1.165, 1.54) is 7.11 Å². The van der Waals surface area contributed by atoms with E-state index in [1.807, 2.05) is 18.2 Å². The molecule has 1 aromatic heterocycles. The van der Waals surface area contributed by atoms with Gasteiger partial charge in [-0.05, 0) is 29.8 Å². The molecule has 7 heteroatoms. The van der Waals surface area contributed by atoms with Gasteiger partial charge in [0.2, 0.25) is 0 Å². The number of halogens is 2. The topological polar surface area (TPSA) is 28.6 Å². The fraction of sp³-hybridized carbons (Fsp3) is 0.318. The molecule has 0 saturated carbocycles. The van der Waals surface area contributed by atoms with Crippen molar-refractivity contribution >= 4 is 27.3 Å². The van der Waals surface area contributed by atoms with Crippen LogP contribution in [-0.2, 0) is 13.1 Å². The van der Waals surface area contributed by atoms with Crippen LogP contribution in [0.2, 0.25) is 0 Å². The Balaban J connectivity index is 1.30. The smallest absolute Gasteiger partial charge is 0.165 e. The molecule has 0 bridgehead atoms. The molecule has 1 saturated heterocycles. The lowest BCUT2D eigenvalue weighted by molar-refractivity contribution is 0.121. The van der Waals surface area contributed by atoms with Crippen LogP contribution in [0, 0.1) is 5.82 Å². The molecule has 2 heterocycles. The summed E-state index contributed by atoms with van der Waals surface area (Å²) in [5, 5.41) is 3.21. The number of methoxy groups -OCH3 is 1. The summed E-state index contributed by atoms with van der Waals surface area (Å²) in [4.78, 5) is 9.62. The minimum atomic E-state index is -0.298. The first-order valence-electron chi connectivity index (χ1n) is 9.58. The quantitative estimate of drug-likeness (QED) is 0.499. The first-order chi connectivity index (χ1) is 14.1. The van der Waals surface area contributed by atoms with Gasteiger partial charge in [-0.15, -0.1) is 11.3 Å². The number of nitrogens with zero attached hydrogens (tertiary/aromatic N) is 3.